The summed E-state index contributed by atoms with van der Waals surface area (Å²) in [7, 11) is 1.29. The standard InChI is InChI=1S/C26H29IN4O4/c1-16(2)23(30-26(33)34-3)25(32)31-13-7-10-21(31)24-28-15-20(29-24)17-11-12-19(27)22(14-17)35-18-8-5-4-6-9-18/h4-6,8-9,11-12,14-16,21,23H,7,10,13H2,1-3H3,(H,28,29)(H,30,33)/t21-,23?/m0/s1. The van der Waals surface area contributed by atoms with Crippen LogP contribution in [0.2, 0.25) is 0 Å². The quantitative estimate of drug-likeness (QED) is 0.355. The summed E-state index contributed by atoms with van der Waals surface area (Å²) in [5.74, 6) is 2.06. The summed E-state index contributed by atoms with van der Waals surface area (Å²) in [6.45, 7) is 4.42. The number of carbonyl (C=O) groups excluding carboxylic acids is 2. The first-order valence-corrected chi connectivity index (χ1v) is 12.7. The Kier molecular flexibility index (Phi) is 7.94. The second kappa shape index (κ2) is 11.1. The van der Waals surface area contributed by atoms with Gasteiger partial charge in [0.2, 0.25) is 5.91 Å². The number of nitrogens with one attached hydrogen (secondary N) is 2. The van der Waals surface area contributed by atoms with Crippen LogP contribution < -0.4 is 10.1 Å². The number of H-pyrrole nitrogens is 1. The van der Waals surface area contributed by atoms with Crippen molar-refractivity contribution in [1.29, 1.82) is 0 Å². The number of hydrogen-bond donors (Lipinski definition) is 2. The van der Waals surface area contributed by atoms with Gasteiger partial charge in [0.15, 0.2) is 0 Å². The lowest BCUT2D eigenvalue weighted by molar-refractivity contribution is -0.135. The Bertz CT molecular complexity index is 1180. The number of alkyl carbamates (subject to hydrolysis) is 1. The highest BCUT2D eigenvalue weighted by molar-refractivity contribution is 14.1. The van der Waals surface area contributed by atoms with Gasteiger partial charge in [0.25, 0.3) is 0 Å². The predicted octanol–water partition coefficient (Wildman–Crippen LogP) is 5.52. The molecule has 2 aromatic carbocycles. The van der Waals surface area contributed by atoms with Crippen molar-refractivity contribution in [3.63, 3.8) is 0 Å². The van der Waals surface area contributed by atoms with Crippen molar-refractivity contribution in [3.05, 3.63) is 64.1 Å². The molecular weight excluding hydrogens is 559 g/mol. The molecule has 35 heavy (non-hydrogen) atoms. The lowest BCUT2D eigenvalue weighted by Gasteiger charge is -2.30. The highest BCUT2D eigenvalue weighted by atomic mass is 127. The molecule has 0 aliphatic carbocycles. The molecule has 0 saturated carbocycles. The Morgan fingerprint density at radius 1 is 1.20 bits per heavy atom. The lowest BCUT2D eigenvalue weighted by Crippen LogP contribution is -2.51. The smallest absolute Gasteiger partial charge is 0.407 e. The molecule has 1 unspecified atom stereocenters. The van der Waals surface area contributed by atoms with Crippen LogP contribution in [0.15, 0.2) is 54.7 Å². The molecule has 0 bridgehead atoms. The third-order valence-corrected chi connectivity index (χ3v) is 6.94. The molecule has 4 rings (SSSR count). The molecule has 184 valence electrons. The number of para-hydroxylation sites is 1. The molecule has 0 spiro atoms. The summed E-state index contributed by atoms with van der Waals surface area (Å²) in [5, 5.41) is 2.68. The molecule has 1 aromatic heterocycles. The molecule has 2 heterocycles. The molecular formula is C26H29IN4O4. The number of nitrogens with zero attached hydrogens (tertiary/aromatic N) is 2. The summed E-state index contributed by atoms with van der Waals surface area (Å²) in [6.07, 6.45) is 2.85. The summed E-state index contributed by atoms with van der Waals surface area (Å²) in [5.41, 5.74) is 1.79. The van der Waals surface area contributed by atoms with Gasteiger partial charge in [-0.3, -0.25) is 4.79 Å². The SMILES string of the molecule is COC(=O)NC(C(=O)N1CCC[C@H]1c1ncc(-c2ccc(I)c(Oc3ccccc3)c2)[nH]1)C(C)C. The van der Waals surface area contributed by atoms with E-state index in [0.29, 0.717) is 6.54 Å². The van der Waals surface area contributed by atoms with Crippen molar-refractivity contribution >= 4 is 34.6 Å². The second-order valence-electron chi connectivity index (χ2n) is 8.79. The minimum Gasteiger partial charge on any atom is -0.456 e. The van der Waals surface area contributed by atoms with E-state index in [1.165, 1.54) is 7.11 Å². The maximum Gasteiger partial charge on any atom is 0.407 e. The summed E-state index contributed by atoms with van der Waals surface area (Å²) >= 11 is 2.26. The normalized spacial score (nSPS) is 16.3. The third kappa shape index (κ3) is 5.77. The highest BCUT2D eigenvalue weighted by Crippen LogP contribution is 2.34. The van der Waals surface area contributed by atoms with Crippen molar-refractivity contribution in [2.24, 2.45) is 5.92 Å². The Balaban J connectivity index is 1.54. The van der Waals surface area contributed by atoms with E-state index in [2.05, 4.69) is 37.9 Å². The molecule has 9 heteroatoms. The van der Waals surface area contributed by atoms with Crippen molar-refractivity contribution in [3.8, 4) is 22.8 Å². The number of benzene rings is 2. The van der Waals surface area contributed by atoms with Crippen molar-refractivity contribution in [2.45, 2.75) is 38.8 Å². The zero-order valence-corrected chi connectivity index (χ0v) is 22.1. The largest absolute Gasteiger partial charge is 0.456 e. The van der Waals surface area contributed by atoms with E-state index in [1.54, 1.807) is 11.1 Å². The Morgan fingerprint density at radius 2 is 1.97 bits per heavy atom. The molecule has 0 radical (unpaired) electrons. The fraction of sp³-hybridized carbons (Fsp3) is 0.346. The number of aromatic nitrogens is 2. The van der Waals surface area contributed by atoms with Gasteiger partial charge in [-0.15, -0.1) is 0 Å². The van der Waals surface area contributed by atoms with Gasteiger partial charge in [0.05, 0.1) is 28.6 Å². The van der Waals surface area contributed by atoms with Gasteiger partial charge in [-0.05, 0) is 65.6 Å². The number of likely N-dealkylation sites (tertiary alicyclic amines) is 1. The van der Waals surface area contributed by atoms with Gasteiger partial charge in [0.1, 0.15) is 23.4 Å². The summed E-state index contributed by atoms with van der Waals surface area (Å²) < 4.78 is 11.8. The number of aromatic amines is 1. The zero-order valence-electron chi connectivity index (χ0n) is 20.0. The van der Waals surface area contributed by atoms with Crippen molar-refractivity contribution in [2.75, 3.05) is 13.7 Å². The number of carbonyl (C=O) groups is 2. The minimum absolute atomic E-state index is 0.0789. The lowest BCUT2D eigenvalue weighted by atomic mass is 10.0. The van der Waals surface area contributed by atoms with Gasteiger partial charge in [0, 0.05) is 12.1 Å². The van der Waals surface area contributed by atoms with Gasteiger partial charge in [-0.25, -0.2) is 9.78 Å². The first kappa shape index (κ1) is 25.0. The molecule has 1 aliphatic rings. The van der Waals surface area contributed by atoms with E-state index in [9.17, 15) is 9.59 Å². The van der Waals surface area contributed by atoms with E-state index >= 15 is 0 Å². The number of halogens is 1. The summed E-state index contributed by atoms with van der Waals surface area (Å²) in [4.78, 5) is 35.0. The Hall–Kier alpha value is -3.08. The zero-order chi connectivity index (χ0) is 24.9. The molecule has 2 amide bonds. The molecule has 1 fully saturated rings. The van der Waals surface area contributed by atoms with E-state index < -0.39 is 12.1 Å². The van der Waals surface area contributed by atoms with Crippen LogP contribution >= 0.6 is 22.6 Å². The molecule has 3 aromatic rings. The summed E-state index contributed by atoms with van der Waals surface area (Å²) in [6, 6.07) is 14.8. The maximum atomic E-state index is 13.4. The van der Waals surface area contributed by atoms with Gasteiger partial charge in [-0.1, -0.05) is 38.1 Å². The number of imidazole rings is 1. The third-order valence-electron chi connectivity index (χ3n) is 6.05. The maximum absolute atomic E-state index is 13.4. The average molecular weight is 588 g/mol. The average Bonchev–Trinajstić information content (AvgIpc) is 3.53. The van der Waals surface area contributed by atoms with Crippen LogP contribution in [-0.4, -0.2) is 46.6 Å². The molecule has 8 nitrogen and oxygen atoms in total. The number of hydrogen-bond acceptors (Lipinski definition) is 5. The highest BCUT2D eigenvalue weighted by Gasteiger charge is 2.37. The first-order valence-electron chi connectivity index (χ1n) is 11.6. The van der Waals surface area contributed by atoms with Crippen molar-refractivity contribution in [1.82, 2.24) is 20.2 Å². The van der Waals surface area contributed by atoms with E-state index in [0.717, 1.165) is 45.0 Å². The van der Waals surface area contributed by atoms with Crippen LogP contribution in [-0.2, 0) is 9.53 Å². The Labute approximate surface area is 218 Å². The Morgan fingerprint density at radius 3 is 2.69 bits per heavy atom. The van der Waals surface area contributed by atoms with Crippen molar-refractivity contribution < 1.29 is 19.1 Å². The fourth-order valence-electron chi connectivity index (χ4n) is 4.21. The number of rotatable bonds is 7. The van der Waals surface area contributed by atoms with Gasteiger partial charge >= 0.3 is 6.09 Å². The fourth-order valence-corrected chi connectivity index (χ4v) is 4.66. The number of ether oxygens (including phenoxy) is 2. The predicted molar refractivity (Wildman–Crippen MR) is 141 cm³/mol. The van der Waals surface area contributed by atoms with Crippen LogP contribution in [0.5, 0.6) is 11.5 Å². The van der Waals surface area contributed by atoms with Crippen LogP contribution in [0.4, 0.5) is 4.79 Å². The molecule has 2 atom stereocenters. The van der Waals surface area contributed by atoms with Gasteiger partial charge < -0.3 is 24.7 Å². The minimum atomic E-state index is -0.661. The number of amides is 2. The van der Waals surface area contributed by atoms with E-state index in [1.807, 2.05) is 62.4 Å². The molecule has 1 saturated heterocycles. The van der Waals surface area contributed by atoms with E-state index in [-0.39, 0.29) is 17.9 Å². The van der Waals surface area contributed by atoms with Crippen LogP contribution in [0.3, 0.4) is 0 Å². The number of methoxy groups -OCH3 is 1. The first-order chi connectivity index (χ1) is 16.9. The topological polar surface area (TPSA) is 96.6 Å². The molecule has 2 N–H and O–H groups in total. The second-order valence-corrected chi connectivity index (χ2v) is 9.95. The van der Waals surface area contributed by atoms with E-state index in [4.69, 9.17) is 9.47 Å². The van der Waals surface area contributed by atoms with Gasteiger partial charge in [-0.2, -0.15) is 0 Å². The van der Waals surface area contributed by atoms with Crippen LogP contribution in [0, 0.1) is 9.49 Å². The van der Waals surface area contributed by atoms with Crippen LogP contribution in [0.25, 0.3) is 11.3 Å². The monoisotopic (exact) mass is 588 g/mol. The van der Waals surface area contributed by atoms with Crippen LogP contribution in [0.1, 0.15) is 38.6 Å². The molecule has 1 aliphatic heterocycles.